The van der Waals surface area contributed by atoms with Gasteiger partial charge in [-0.1, -0.05) is 54.1 Å². The quantitative estimate of drug-likeness (QED) is 0.571. The van der Waals surface area contributed by atoms with Crippen LogP contribution < -0.4 is 5.56 Å². The van der Waals surface area contributed by atoms with E-state index in [9.17, 15) is 4.79 Å². The number of nitrogens with zero attached hydrogens (tertiary/aromatic N) is 3. The molecule has 0 amide bonds. The van der Waals surface area contributed by atoms with Crippen molar-refractivity contribution in [2.75, 3.05) is 7.05 Å². The van der Waals surface area contributed by atoms with Crippen LogP contribution in [-0.4, -0.2) is 26.5 Å². The fraction of sp³-hybridized carbons (Fsp3) is 0.143. The van der Waals surface area contributed by atoms with E-state index >= 15 is 0 Å². The topological polar surface area (TPSA) is 53.4 Å². The Kier molecular flexibility index (Phi) is 4.79. The first kappa shape index (κ1) is 17.5. The molecule has 0 bridgehead atoms. The van der Waals surface area contributed by atoms with Gasteiger partial charge in [0.25, 0.3) is 5.56 Å². The van der Waals surface area contributed by atoms with Gasteiger partial charge in [0.15, 0.2) is 5.65 Å². The number of hydrogen-bond donors (Lipinski definition) is 1. The normalized spacial score (nSPS) is 11.4. The largest absolute Gasteiger partial charge is 0.296 e. The van der Waals surface area contributed by atoms with Crippen LogP contribution in [0.2, 0.25) is 5.02 Å². The van der Waals surface area contributed by atoms with Gasteiger partial charge in [0.1, 0.15) is 0 Å². The zero-order valence-electron chi connectivity index (χ0n) is 14.9. The third-order valence-electron chi connectivity index (χ3n) is 4.37. The molecule has 2 heterocycles. The van der Waals surface area contributed by atoms with E-state index in [1.54, 1.807) is 6.07 Å². The third kappa shape index (κ3) is 3.94. The lowest BCUT2D eigenvalue weighted by atomic mass is 10.1. The van der Waals surface area contributed by atoms with Crippen molar-refractivity contribution in [1.29, 1.82) is 0 Å². The average Bonchev–Trinajstić information content (AvgIpc) is 3.07. The fourth-order valence-electron chi connectivity index (χ4n) is 3.15. The van der Waals surface area contributed by atoms with E-state index in [-0.39, 0.29) is 5.56 Å². The highest BCUT2D eigenvalue weighted by Crippen LogP contribution is 2.22. The molecule has 4 rings (SSSR count). The summed E-state index contributed by atoms with van der Waals surface area (Å²) >= 11 is 6.07. The first-order valence-corrected chi connectivity index (χ1v) is 9.06. The van der Waals surface area contributed by atoms with Gasteiger partial charge in [0.2, 0.25) is 0 Å². The first-order chi connectivity index (χ1) is 13.1. The van der Waals surface area contributed by atoms with Crippen LogP contribution in [0, 0.1) is 0 Å². The minimum Gasteiger partial charge on any atom is -0.296 e. The van der Waals surface area contributed by atoms with Crippen molar-refractivity contribution in [1.82, 2.24) is 19.5 Å². The second-order valence-electron chi connectivity index (χ2n) is 6.62. The molecule has 27 heavy (non-hydrogen) atoms. The van der Waals surface area contributed by atoms with Crippen molar-refractivity contribution in [3.63, 3.8) is 0 Å². The maximum absolute atomic E-state index is 12.5. The number of H-pyrrole nitrogens is 1. The van der Waals surface area contributed by atoms with E-state index < -0.39 is 0 Å². The summed E-state index contributed by atoms with van der Waals surface area (Å²) in [7, 11) is 2.02. The smallest absolute Gasteiger partial charge is 0.272 e. The third-order valence-corrected chi connectivity index (χ3v) is 4.60. The minimum atomic E-state index is -0.128. The zero-order chi connectivity index (χ0) is 18.8. The zero-order valence-corrected chi connectivity index (χ0v) is 15.6. The van der Waals surface area contributed by atoms with Crippen molar-refractivity contribution in [3.05, 3.63) is 93.4 Å². The lowest BCUT2D eigenvalue weighted by molar-refractivity contribution is 0.315. The number of benzene rings is 2. The van der Waals surface area contributed by atoms with Crippen LogP contribution in [0.1, 0.15) is 11.3 Å². The van der Waals surface area contributed by atoms with Gasteiger partial charge in [0.05, 0.1) is 11.4 Å². The molecule has 0 fully saturated rings. The average molecular weight is 379 g/mol. The van der Waals surface area contributed by atoms with E-state index in [1.165, 1.54) is 10.1 Å². The predicted molar refractivity (Wildman–Crippen MR) is 108 cm³/mol. The van der Waals surface area contributed by atoms with E-state index in [2.05, 4.69) is 27.1 Å². The molecular formula is C21H19ClN4O. The van der Waals surface area contributed by atoms with Gasteiger partial charge in [-0.3, -0.25) is 14.8 Å². The Bertz CT molecular complexity index is 1130. The molecule has 136 valence electrons. The van der Waals surface area contributed by atoms with Gasteiger partial charge < -0.3 is 0 Å². The molecule has 0 saturated carbocycles. The van der Waals surface area contributed by atoms with Gasteiger partial charge in [-0.25, -0.2) is 9.50 Å². The van der Waals surface area contributed by atoms with Crippen LogP contribution >= 0.6 is 11.6 Å². The molecule has 0 atom stereocenters. The molecule has 0 saturated heterocycles. The minimum absolute atomic E-state index is 0.128. The van der Waals surface area contributed by atoms with Crippen LogP contribution in [-0.2, 0) is 13.1 Å². The Morgan fingerprint density at radius 2 is 1.85 bits per heavy atom. The highest BCUT2D eigenvalue weighted by atomic mass is 35.5. The molecule has 5 nitrogen and oxygen atoms in total. The van der Waals surface area contributed by atoms with Crippen molar-refractivity contribution in [2.45, 2.75) is 13.1 Å². The summed E-state index contributed by atoms with van der Waals surface area (Å²) in [4.78, 5) is 19.3. The van der Waals surface area contributed by atoms with Gasteiger partial charge in [-0.05, 0) is 24.7 Å². The van der Waals surface area contributed by atoms with E-state index in [0.717, 1.165) is 23.5 Å². The molecule has 1 N–H and O–H groups in total. The van der Waals surface area contributed by atoms with Crippen LogP contribution in [0.5, 0.6) is 0 Å². The molecule has 6 heteroatoms. The maximum Gasteiger partial charge on any atom is 0.272 e. The number of fused-ring (bicyclic) bond motifs is 1. The van der Waals surface area contributed by atoms with Crippen LogP contribution in [0.4, 0.5) is 0 Å². The second kappa shape index (κ2) is 7.39. The Morgan fingerprint density at radius 1 is 1.04 bits per heavy atom. The lowest BCUT2D eigenvalue weighted by Gasteiger charge is -2.16. The molecule has 2 aromatic heterocycles. The van der Waals surface area contributed by atoms with Crippen LogP contribution in [0.3, 0.4) is 0 Å². The van der Waals surface area contributed by atoms with E-state index in [0.29, 0.717) is 17.2 Å². The predicted octanol–water partition coefficient (Wildman–Crippen LogP) is 3.98. The van der Waals surface area contributed by atoms with Crippen molar-refractivity contribution in [2.24, 2.45) is 0 Å². The number of rotatable bonds is 5. The van der Waals surface area contributed by atoms with Crippen molar-refractivity contribution >= 4 is 17.2 Å². The number of hydrogen-bond acceptors (Lipinski definition) is 3. The first-order valence-electron chi connectivity index (χ1n) is 8.68. The number of halogens is 1. The Balaban J connectivity index is 1.60. The molecule has 0 aliphatic heterocycles. The van der Waals surface area contributed by atoms with E-state index in [1.807, 2.05) is 55.6 Å². The SMILES string of the molecule is CN(Cc1ccccc1)Cc1cc(=O)n2[nH]c(-c3cccc(Cl)c3)cc2n1. The molecular weight excluding hydrogens is 360 g/mol. The van der Waals surface area contributed by atoms with Gasteiger partial charge in [0, 0.05) is 35.8 Å². The highest BCUT2D eigenvalue weighted by Gasteiger charge is 2.10. The molecule has 4 aromatic rings. The number of aromatic nitrogens is 3. The Morgan fingerprint density at radius 3 is 2.63 bits per heavy atom. The van der Waals surface area contributed by atoms with Gasteiger partial charge in [-0.15, -0.1) is 0 Å². The molecule has 0 aliphatic carbocycles. The Hall–Kier alpha value is -2.89. The van der Waals surface area contributed by atoms with Crippen LogP contribution in [0.15, 0.2) is 71.5 Å². The second-order valence-corrected chi connectivity index (χ2v) is 7.05. The number of aromatic amines is 1. The molecule has 0 unspecified atom stereocenters. The maximum atomic E-state index is 12.5. The van der Waals surface area contributed by atoms with Crippen molar-refractivity contribution < 1.29 is 0 Å². The highest BCUT2D eigenvalue weighted by molar-refractivity contribution is 6.30. The summed E-state index contributed by atoms with van der Waals surface area (Å²) in [6.07, 6.45) is 0. The summed E-state index contributed by atoms with van der Waals surface area (Å²) in [5, 5.41) is 3.75. The summed E-state index contributed by atoms with van der Waals surface area (Å²) < 4.78 is 1.46. The van der Waals surface area contributed by atoms with Gasteiger partial charge in [-0.2, -0.15) is 0 Å². The fourth-order valence-corrected chi connectivity index (χ4v) is 3.34. The molecule has 0 radical (unpaired) electrons. The molecule has 0 spiro atoms. The monoisotopic (exact) mass is 378 g/mol. The lowest BCUT2D eigenvalue weighted by Crippen LogP contribution is -2.21. The molecule has 2 aromatic carbocycles. The van der Waals surface area contributed by atoms with Gasteiger partial charge >= 0.3 is 0 Å². The number of nitrogens with one attached hydrogen (secondary N) is 1. The summed E-state index contributed by atoms with van der Waals surface area (Å²) in [6, 6.07) is 21.2. The van der Waals surface area contributed by atoms with Crippen molar-refractivity contribution in [3.8, 4) is 11.3 Å². The molecule has 0 aliphatic rings. The summed E-state index contributed by atoms with van der Waals surface area (Å²) in [6.45, 7) is 1.39. The summed E-state index contributed by atoms with van der Waals surface area (Å²) in [5.41, 5.74) is 4.15. The summed E-state index contributed by atoms with van der Waals surface area (Å²) in [5.74, 6) is 0. The van der Waals surface area contributed by atoms with Crippen LogP contribution in [0.25, 0.3) is 16.9 Å². The Labute approximate surface area is 161 Å². The standard InChI is InChI=1S/C21H19ClN4O/c1-25(13-15-6-3-2-4-7-15)14-18-11-21(27)26-20(23-18)12-19(24-26)16-8-5-9-17(22)10-16/h2-12,24H,13-14H2,1H3. The van der Waals surface area contributed by atoms with E-state index in [4.69, 9.17) is 11.6 Å².